The molecule has 1 aromatic carbocycles. The molecular formula is C12H11BrN2O2S. The summed E-state index contributed by atoms with van der Waals surface area (Å²) in [5.74, 6) is -0.943. The van der Waals surface area contributed by atoms with Gasteiger partial charge in [-0.25, -0.2) is 9.78 Å². The number of hydrogen-bond acceptors (Lipinski definition) is 4. The van der Waals surface area contributed by atoms with Crippen LogP contribution in [0.5, 0.6) is 0 Å². The molecule has 6 heteroatoms. The van der Waals surface area contributed by atoms with Crippen molar-refractivity contribution in [3.63, 3.8) is 0 Å². The molecule has 0 radical (unpaired) electrons. The lowest BCUT2D eigenvalue weighted by Crippen LogP contribution is -2.07. The molecule has 0 saturated carbocycles. The van der Waals surface area contributed by atoms with Gasteiger partial charge in [-0.05, 0) is 25.1 Å². The van der Waals surface area contributed by atoms with Crippen LogP contribution in [-0.4, -0.2) is 16.1 Å². The van der Waals surface area contributed by atoms with Crippen molar-refractivity contribution in [2.24, 2.45) is 0 Å². The molecule has 0 aliphatic rings. The van der Waals surface area contributed by atoms with E-state index in [-0.39, 0.29) is 11.6 Å². The maximum atomic E-state index is 11.0. The summed E-state index contributed by atoms with van der Waals surface area (Å²) in [5, 5.41) is 15.1. The summed E-state index contributed by atoms with van der Waals surface area (Å²) in [6.07, 6.45) is 1.75. The van der Waals surface area contributed by atoms with Crippen molar-refractivity contribution in [2.45, 2.75) is 13.0 Å². The number of nitrogens with one attached hydrogen (secondary N) is 1. The highest BCUT2D eigenvalue weighted by Gasteiger charge is 2.10. The number of aromatic carboxylic acids is 1. The predicted molar refractivity (Wildman–Crippen MR) is 75.3 cm³/mol. The van der Waals surface area contributed by atoms with E-state index in [1.807, 2.05) is 18.4 Å². The third-order valence-electron chi connectivity index (χ3n) is 2.35. The molecule has 2 N–H and O–H groups in total. The van der Waals surface area contributed by atoms with Gasteiger partial charge in [0.2, 0.25) is 0 Å². The van der Waals surface area contributed by atoms with Crippen molar-refractivity contribution in [1.82, 2.24) is 4.98 Å². The minimum absolute atomic E-state index is 0.0425. The summed E-state index contributed by atoms with van der Waals surface area (Å²) >= 11 is 4.87. The van der Waals surface area contributed by atoms with Crippen LogP contribution < -0.4 is 5.32 Å². The first-order valence-electron chi connectivity index (χ1n) is 5.26. The monoisotopic (exact) mass is 326 g/mol. The van der Waals surface area contributed by atoms with Crippen LogP contribution in [0, 0.1) is 0 Å². The average molecular weight is 327 g/mol. The van der Waals surface area contributed by atoms with Crippen LogP contribution in [0.3, 0.4) is 0 Å². The van der Waals surface area contributed by atoms with Crippen molar-refractivity contribution < 1.29 is 9.90 Å². The van der Waals surface area contributed by atoms with Gasteiger partial charge in [-0.2, -0.15) is 0 Å². The summed E-state index contributed by atoms with van der Waals surface area (Å²) in [7, 11) is 0. The van der Waals surface area contributed by atoms with Gasteiger partial charge >= 0.3 is 5.97 Å². The summed E-state index contributed by atoms with van der Waals surface area (Å²) in [6.45, 7) is 1.99. The van der Waals surface area contributed by atoms with Crippen molar-refractivity contribution in [2.75, 3.05) is 5.32 Å². The number of carbonyl (C=O) groups is 1. The van der Waals surface area contributed by atoms with Crippen molar-refractivity contribution in [1.29, 1.82) is 0 Å². The molecule has 2 aromatic rings. The van der Waals surface area contributed by atoms with E-state index in [1.54, 1.807) is 29.7 Å². The molecule has 4 nitrogen and oxygen atoms in total. The Morgan fingerprint density at radius 1 is 1.50 bits per heavy atom. The second kappa shape index (κ2) is 5.49. The lowest BCUT2D eigenvalue weighted by molar-refractivity contribution is 0.0697. The fourth-order valence-electron chi connectivity index (χ4n) is 1.56. The maximum absolute atomic E-state index is 11.0. The van der Waals surface area contributed by atoms with Crippen molar-refractivity contribution in [3.8, 4) is 0 Å². The van der Waals surface area contributed by atoms with Gasteiger partial charge in [0.1, 0.15) is 5.01 Å². The Morgan fingerprint density at radius 2 is 2.28 bits per heavy atom. The Morgan fingerprint density at radius 3 is 2.89 bits per heavy atom. The molecule has 1 atom stereocenters. The summed E-state index contributed by atoms with van der Waals surface area (Å²) in [5.41, 5.74) is 1.00. The molecule has 0 aliphatic carbocycles. The average Bonchev–Trinajstić information content (AvgIpc) is 2.81. The third kappa shape index (κ3) is 3.08. The molecule has 1 unspecified atom stereocenters. The van der Waals surface area contributed by atoms with E-state index in [0.29, 0.717) is 0 Å². The molecule has 1 aromatic heterocycles. The molecular weight excluding hydrogens is 316 g/mol. The first-order valence-corrected chi connectivity index (χ1v) is 6.93. The SMILES string of the molecule is CC(Nc1cc(Br)cc(C(=O)O)c1)c1nccs1. The Bertz CT molecular complexity index is 557. The van der Waals surface area contributed by atoms with Crippen LogP contribution >= 0.6 is 27.3 Å². The number of nitrogens with zero attached hydrogens (tertiary/aromatic N) is 1. The normalized spacial score (nSPS) is 12.1. The topological polar surface area (TPSA) is 62.2 Å². The lowest BCUT2D eigenvalue weighted by atomic mass is 10.2. The highest BCUT2D eigenvalue weighted by atomic mass is 79.9. The minimum atomic E-state index is -0.943. The van der Waals surface area contributed by atoms with Gasteiger partial charge in [-0.3, -0.25) is 0 Å². The largest absolute Gasteiger partial charge is 0.478 e. The van der Waals surface area contributed by atoms with Gasteiger partial charge in [0, 0.05) is 21.7 Å². The number of benzene rings is 1. The second-order valence-corrected chi connectivity index (χ2v) is 5.61. The van der Waals surface area contributed by atoms with Gasteiger partial charge in [0.25, 0.3) is 0 Å². The van der Waals surface area contributed by atoms with E-state index in [2.05, 4.69) is 26.2 Å². The first kappa shape index (κ1) is 13.0. The van der Waals surface area contributed by atoms with Crippen LogP contribution in [0.4, 0.5) is 5.69 Å². The third-order valence-corrected chi connectivity index (χ3v) is 3.77. The molecule has 0 amide bonds. The Hall–Kier alpha value is -1.40. The number of anilines is 1. The molecule has 2 rings (SSSR count). The van der Waals surface area contributed by atoms with Gasteiger partial charge < -0.3 is 10.4 Å². The zero-order valence-corrected chi connectivity index (χ0v) is 12.0. The Balaban J connectivity index is 2.21. The van der Waals surface area contributed by atoms with E-state index < -0.39 is 5.97 Å². The number of rotatable bonds is 4. The summed E-state index contributed by atoms with van der Waals surface area (Å²) < 4.78 is 0.733. The standard InChI is InChI=1S/C12H11BrN2O2S/c1-7(11-14-2-3-18-11)15-10-5-8(12(16)17)4-9(13)6-10/h2-7,15H,1H3,(H,16,17). The molecule has 94 valence electrons. The maximum Gasteiger partial charge on any atom is 0.335 e. The van der Waals surface area contributed by atoms with E-state index >= 15 is 0 Å². The Kier molecular flexibility index (Phi) is 3.98. The van der Waals surface area contributed by atoms with Gasteiger partial charge in [0.15, 0.2) is 0 Å². The molecule has 0 fully saturated rings. The highest BCUT2D eigenvalue weighted by molar-refractivity contribution is 9.10. The van der Waals surface area contributed by atoms with Crippen molar-refractivity contribution in [3.05, 3.63) is 44.8 Å². The van der Waals surface area contributed by atoms with Gasteiger partial charge in [-0.1, -0.05) is 15.9 Å². The number of hydrogen-bond donors (Lipinski definition) is 2. The first-order chi connectivity index (χ1) is 8.56. The van der Waals surface area contributed by atoms with Crippen LogP contribution in [0.2, 0.25) is 0 Å². The zero-order chi connectivity index (χ0) is 13.1. The van der Waals surface area contributed by atoms with Crippen LogP contribution in [0.15, 0.2) is 34.2 Å². The quantitative estimate of drug-likeness (QED) is 0.897. The van der Waals surface area contributed by atoms with E-state index in [4.69, 9.17) is 5.11 Å². The van der Waals surface area contributed by atoms with Crippen LogP contribution in [-0.2, 0) is 0 Å². The number of halogens is 1. The van der Waals surface area contributed by atoms with Gasteiger partial charge in [-0.15, -0.1) is 11.3 Å². The number of thiazole rings is 1. The van der Waals surface area contributed by atoms with Crippen LogP contribution in [0.1, 0.15) is 28.3 Å². The van der Waals surface area contributed by atoms with E-state index in [1.165, 1.54) is 0 Å². The minimum Gasteiger partial charge on any atom is -0.478 e. The number of carboxylic acids is 1. The molecule has 1 heterocycles. The Labute approximate surface area is 117 Å². The smallest absolute Gasteiger partial charge is 0.335 e. The predicted octanol–water partition coefficient (Wildman–Crippen LogP) is 3.78. The molecule has 0 spiro atoms. The van der Waals surface area contributed by atoms with E-state index in [9.17, 15) is 4.79 Å². The summed E-state index contributed by atoms with van der Waals surface area (Å²) in [4.78, 5) is 15.2. The van der Waals surface area contributed by atoms with Crippen LogP contribution in [0.25, 0.3) is 0 Å². The second-order valence-electron chi connectivity index (χ2n) is 3.77. The zero-order valence-electron chi connectivity index (χ0n) is 9.55. The molecule has 0 aliphatic heterocycles. The van der Waals surface area contributed by atoms with E-state index in [0.717, 1.165) is 15.2 Å². The number of carboxylic acid groups (broad SMARTS) is 1. The molecule has 0 saturated heterocycles. The lowest BCUT2D eigenvalue weighted by Gasteiger charge is -2.13. The van der Waals surface area contributed by atoms with Crippen molar-refractivity contribution >= 4 is 38.9 Å². The summed E-state index contributed by atoms with van der Waals surface area (Å²) in [6, 6.07) is 5.07. The fraction of sp³-hybridized carbons (Fsp3) is 0.167. The van der Waals surface area contributed by atoms with Gasteiger partial charge in [0.05, 0.1) is 11.6 Å². The molecule has 18 heavy (non-hydrogen) atoms. The fourth-order valence-corrected chi connectivity index (χ4v) is 2.70. The highest BCUT2D eigenvalue weighted by Crippen LogP contribution is 2.24. The number of aromatic nitrogens is 1. The molecule has 0 bridgehead atoms.